The number of ketones is 1. The molecule has 6 nitrogen and oxygen atoms in total. The number of hydrogen-bond acceptors (Lipinski definition) is 5. The van der Waals surface area contributed by atoms with Crippen molar-refractivity contribution >= 4 is 28.8 Å². The van der Waals surface area contributed by atoms with E-state index in [0.29, 0.717) is 19.5 Å². The smallest absolute Gasteiger partial charge is 0.242 e. The number of piperazine rings is 1. The molecule has 1 fully saturated rings. The molecule has 1 aliphatic carbocycles. The summed E-state index contributed by atoms with van der Waals surface area (Å²) < 4.78 is 0. The highest BCUT2D eigenvalue weighted by molar-refractivity contribution is 6.02. The van der Waals surface area contributed by atoms with E-state index in [2.05, 4.69) is 110 Å². The van der Waals surface area contributed by atoms with Crippen molar-refractivity contribution in [3.8, 4) is 0 Å². The summed E-state index contributed by atoms with van der Waals surface area (Å²) in [6, 6.07) is 26.9. The van der Waals surface area contributed by atoms with E-state index in [9.17, 15) is 9.59 Å². The number of carbonyl (C=O) groups is 2. The molecule has 1 unspecified atom stereocenters. The van der Waals surface area contributed by atoms with E-state index in [1.165, 1.54) is 11.3 Å². The van der Waals surface area contributed by atoms with Gasteiger partial charge in [0.1, 0.15) is 0 Å². The van der Waals surface area contributed by atoms with Crippen molar-refractivity contribution in [3.63, 3.8) is 0 Å². The van der Waals surface area contributed by atoms with Gasteiger partial charge in [-0.25, -0.2) is 0 Å². The third kappa shape index (κ3) is 5.93. The molecule has 1 N–H and O–H groups in total. The number of hydrogen-bond donors (Lipinski definition) is 1. The second kappa shape index (κ2) is 11.2. The Morgan fingerprint density at radius 3 is 2.19 bits per heavy atom. The molecule has 2 aliphatic heterocycles. The number of nitrogens with zero attached hydrogens (tertiary/aromatic N) is 3. The number of nitrogens with one attached hydrogen (secondary N) is 1. The van der Waals surface area contributed by atoms with Crippen LogP contribution >= 0.6 is 0 Å². The summed E-state index contributed by atoms with van der Waals surface area (Å²) in [4.78, 5) is 34.6. The zero-order valence-electron chi connectivity index (χ0n) is 26.2. The molecule has 0 radical (unpaired) electrons. The maximum absolute atomic E-state index is 14.1. The maximum atomic E-state index is 14.1. The summed E-state index contributed by atoms with van der Waals surface area (Å²) in [7, 11) is 0. The van der Waals surface area contributed by atoms with Crippen LogP contribution in [0.1, 0.15) is 64.6 Å². The summed E-state index contributed by atoms with van der Waals surface area (Å²) in [6.07, 6.45) is 1.27. The van der Waals surface area contributed by atoms with Gasteiger partial charge >= 0.3 is 0 Å². The van der Waals surface area contributed by atoms with Crippen LogP contribution in [-0.2, 0) is 15.0 Å². The van der Waals surface area contributed by atoms with Crippen molar-refractivity contribution in [1.29, 1.82) is 0 Å². The van der Waals surface area contributed by atoms with Crippen LogP contribution in [0.3, 0.4) is 0 Å². The Bertz CT molecular complexity index is 1530. The molecule has 3 aromatic rings. The minimum Gasteiger partial charge on any atom is -0.368 e. The number of allylic oxidation sites excluding steroid dienone is 1. The average molecular weight is 577 g/mol. The summed E-state index contributed by atoms with van der Waals surface area (Å²) >= 11 is 0. The number of anilines is 3. The Kier molecular flexibility index (Phi) is 7.57. The zero-order chi connectivity index (χ0) is 30.4. The van der Waals surface area contributed by atoms with Crippen molar-refractivity contribution in [3.05, 3.63) is 101 Å². The molecule has 6 heteroatoms. The molecular formula is C37H44N4O2. The van der Waals surface area contributed by atoms with Crippen LogP contribution in [-0.4, -0.2) is 49.3 Å². The normalized spacial score (nSPS) is 20.3. The largest absolute Gasteiger partial charge is 0.368 e. The van der Waals surface area contributed by atoms with Crippen LogP contribution in [0.5, 0.6) is 0 Å². The fraction of sp³-hybridized carbons (Fsp3) is 0.405. The SMILES string of the molecule is CC1(C)CC(=O)C2=C(C1)Nc1ccccc1N(CC(=O)N1CCN(c3ccccc3)CC1)C2c1ccc(C(C)(C)C)cc1. The molecular weight excluding hydrogens is 532 g/mol. The van der Waals surface area contributed by atoms with Crippen molar-refractivity contribution in [2.75, 3.05) is 47.8 Å². The van der Waals surface area contributed by atoms with E-state index >= 15 is 0 Å². The summed E-state index contributed by atoms with van der Waals surface area (Å²) in [6.45, 7) is 14.1. The number of carbonyl (C=O) groups excluding carboxylic acids is 2. The van der Waals surface area contributed by atoms with Crippen molar-refractivity contribution < 1.29 is 9.59 Å². The van der Waals surface area contributed by atoms with Crippen molar-refractivity contribution in [1.82, 2.24) is 4.90 Å². The number of amides is 1. The van der Waals surface area contributed by atoms with Gasteiger partial charge in [0, 0.05) is 49.6 Å². The molecule has 0 spiro atoms. The van der Waals surface area contributed by atoms with Gasteiger partial charge in [-0.15, -0.1) is 0 Å². The van der Waals surface area contributed by atoms with Crippen LogP contribution < -0.4 is 15.1 Å². The first-order chi connectivity index (χ1) is 20.5. The van der Waals surface area contributed by atoms with Gasteiger partial charge in [0.05, 0.1) is 24.0 Å². The third-order valence-electron chi connectivity index (χ3n) is 9.16. The predicted octanol–water partition coefficient (Wildman–Crippen LogP) is 6.95. The topological polar surface area (TPSA) is 55.9 Å². The number of rotatable bonds is 4. The first kappa shape index (κ1) is 29.0. The van der Waals surface area contributed by atoms with Gasteiger partial charge in [-0.05, 0) is 52.6 Å². The lowest BCUT2D eigenvalue weighted by Gasteiger charge is -2.40. The highest BCUT2D eigenvalue weighted by Gasteiger charge is 2.42. The average Bonchev–Trinajstić information content (AvgIpc) is 3.11. The van der Waals surface area contributed by atoms with E-state index in [4.69, 9.17) is 0 Å². The molecule has 0 saturated carbocycles. The van der Waals surface area contributed by atoms with Gasteiger partial charge in [-0.2, -0.15) is 0 Å². The zero-order valence-corrected chi connectivity index (χ0v) is 26.2. The quantitative estimate of drug-likeness (QED) is 0.364. The summed E-state index contributed by atoms with van der Waals surface area (Å²) in [5, 5.41) is 3.68. The van der Waals surface area contributed by atoms with Gasteiger partial charge < -0.3 is 20.0 Å². The molecule has 1 saturated heterocycles. The Labute approximate surface area is 256 Å². The van der Waals surface area contributed by atoms with Gasteiger partial charge in [0.15, 0.2) is 5.78 Å². The summed E-state index contributed by atoms with van der Waals surface area (Å²) in [5.41, 5.74) is 7.01. The molecule has 43 heavy (non-hydrogen) atoms. The molecule has 0 aromatic heterocycles. The molecule has 3 aliphatic rings. The van der Waals surface area contributed by atoms with Crippen LogP contribution in [0.2, 0.25) is 0 Å². The van der Waals surface area contributed by atoms with Crippen LogP contribution in [0.25, 0.3) is 0 Å². The van der Waals surface area contributed by atoms with Gasteiger partial charge in [0.25, 0.3) is 0 Å². The van der Waals surface area contributed by atoms with Crippen molar-refractivity contribution in [2.45, 2.75) is 58.9 Å². The van der Waals surface area contributed by atoms with Gasteiger partial charge in [-0.3, -0.25) is 9.59 Å². The van der Waals surface area contributed by atoms with E-state index in [0.717, 1.165) is 47.7 Å². The number of fused-ring (bicyclic) bond motifs is 1. The minimum absolute atomic E-state index is 0.0167. The Morgan fingerprint density at radius 1 is 0.860 bits per heavy atom. The van der Waals surface area contributed by atoms with Crippen molar-refractivity contribution in [2.24, 2.45) is 5.41 Å². The lowest BCUT2D eigenvalue weighted by Crippen LogP contribution is -2.52. The van der Waals surface area contributed by atoms with E-state index in [1.54, 1.807) is 0 Å². The Morgan fingerprint density at radius 2 is 1.51 bits per heavy atom. The van der Waals surface area contributed by atoms with Crippen LogP contribution in [0.15, 0.2) is 90.1 Å². The molecule has 224 valence electrons. The molecule has 1 atom stereocenters. The van der Waals surface area contributed by atoms with Crippen LogP contribution in [0.4, 0.5) is 17.1 Å². The summed E-state index contributed by atoms with van der Waals surface area (Å²) in [5.74, 6) is 0.247. The Balaban J connectivity index is 1.37. The molecule has 2 heterocycles. The highest BCUT2D eigenvalue weighted by Crippen LogP contribution is 2.48. The van der Waals surface area contributed by atoms with E-state index in [-0.39, 0.29) is 35.1 Å². The van der Waals surface area contributed by atoms with E-state index in [1.807, 2.05) is 23.1 Å². The lowest BCUT2D eigenvalue weighted by molar-refractivity contribution is -0.130. The molecule has 6 rings (SSSR count). The Hall–Kier alpha value is -4.06. The lowest BCUT2D eigenvalue weighted by atomic mass is 9.73. The molecule has 0 bridgehead atoms. The predicted molar refractivity (Wildman–Crippen MR) is 176 cm³/mol. The second-order valence-electron chi connectivity index (χ2n) is 14.1. The number of para-hydroxylation sites is 3. The third-order valence-corrected chi connectivity index (χ3v) is 9.16. The van der Waals surface area contributed by atoms with Crippen LogP contribution in [0, 0.1) is 5.41 Å². The molecule has 3 aromatic carbocycles. The standard InChI is InChI=1S/C37H44N4O2/c1-36(2,3)27-17-15-26(16-18-27)35-34-30(23-37(4,5)24-32(34)42)38-29-13-9-10-14-31(29)41(35)25-33(43)40-21-19-39(20-22-40)28-11-7-6-8-12-28/h6-18,35,38H,19-25H2,1-5H3. The first-order valence-electron chi connectivity index (χ1n) is 15.6. The number of Topliss-reactive ketones (excluding diaryl/α,β-unsaturated/α-hetero) is 1. The fourth-order valence-corrected chi connectivity index (χ4v) is 6.84. The second-order valence-corrected chi connectivity index (χ2v) is 14.1. The minimum atomic E-state index is -0.363. The molecule has 1 amide bonds. The first-order valence-corrected chi connectivity index (χ1v) is 15.6. The monoisotopic (exact) mass is 576 g/mol. The number of benzene rings is 3. The fourth-order valence-electron chi connectivity index (χ4n) is 6.84. The van der Waals surface area contributed by atoms with Gasteiger partial charge in [-0.1, -0.05) is 89.2 Å². The maximum Gasteiger partial charge on any atom is 0.242 e. The van der Waals surface area contributed by atoms with Gasteiger partial charge in [0.2, 0.25) is 5.91 Å². The highest BCUT2D eigenvalue weighted by atomic mass is 16.2. The van der Waals surface area contributed by atoms with E-state index < -0.39 is 0 Å².